The molecule has 1 aromatic heterocycles. The molecular weight excluding hydrogens is 398 g/mol. The van der Waals surface area contributed by atoms with Crippen molar-refractivity contribution in [1.29, 1.82) is 0 Å². The third-order valence-electron chi connectivity index (χ3n) is 2.79. The smallest absolute Gasteiger partial charge is 0.123 e. The van der Waals surface area contributed by atoms with E-state index in [1.54, 1.807) is 23.0 Å². The largest absolute Gasteiger partial charge is 0.382 e. The number of aromatic nitrogens is 2. The fourth-order valence-corrected chi connectivity index (χ4v) is 2.93. The van der Waals surface area contributed by atoms with Gasteiger partial charge in [0.05, 0.1) is 16.9 Å². The molecule has 0 saturated carbocycles. The first-order chi connectivity index (χ1) is 8.91. The Kier molecular flexibility index (Phi) is 4.76. The molecule has 6 heteroatoms. The van der Waals surface area contributed by atoms with Gasteiger partial charge in [-0.2, -0.15) is 5.10 Å². The minimum atomic E-state index is -0.844. The van der Waals surface area contributed by atoms with Crippen molar-refractivity contribution in [3.05, 3.63) is 49.3 Å². The van der Waals surface area contributed by atoms with E-state index in [9.17, 15) is 5.11 Å². The Morgan fingerprint density at radius 3 is 2.63 bits per heavy atom. The second kappa shape index (κ2) is 5.99. The van der Waals surface area contributed by atoms with Crippen molar-refractivity contribution in [2.75, 3.05) is 0 Å². The van der Waals surface area contributed by atoms with Crippen LogP contribution in [-0.2, 0) is 0 Å². The average molecular weight is 411 g/mol. The fourth-order valence-electron chi connectivity index (χ4n) is 1.89. The summed E-state index contributed by atoms with van der Waals surface area (Å²) in [5.41, 5.74) is 1.33. The zero-order valence-corrected chi connectivity index (χ0v) is 14.1. The first-order valence-electron chi connectivity index (χ1n) is 5.77. The molecule has 0 bridgehead atoms. The lowest BCUT2D eigenvalue weighted by molar-refractivity contribution is 0.204. The minimum absolute atomic E-state index is 0.119. The van der Waals surface area contributed by atoms with Crippen LogP contribution in [0.1, 0.15) is 37.3 Å². The molecule has 0 saturated heterocycles. The Morgan fingerprint density at radius 1 is 1.32 bits per heavy atom. The van der Waals surface area contributed by atoms with Gasteiger partial charge >= 0.3 is 0 Å². The minimum Gasteiger partial charge on any atom is -0.382 e. The number of hydrogen-bond acceptors (Lipinski definition) is 2. The second-order valence-corrected chi connectivity index (χ2v) is 6.49. The van der Waals surface area contributed by atoms with E-state index in [2.05, 4.69) is 27.7 Å². The molecule has 102 valence electrons. The molecule has 1 N–H and O–H groups in total. The third kappa shape index (κ3) is 3.07. The Morgan fingerprint density at radius 2 is 2.00 bits per heavy atom. The predicted molar refractivity (Wildman–Crippen MR) is 85.9 cm³/mol. The van der Waals surface area contributed by atoms with Crippen LogP contribution >= 0.6 is 45.8 Å². The predicted octanol–water partition coefficient (Wildman–Crippen LogP) is 4.46. The zero-order valence-electron chi connectivity index (χ0n) is 10.4. The maximum Gasteiger partial charge on any atom is 0.123 e. The molecule has 0 amide bonds. The van der Waals surface area contributed by atoms with E-state index in [0.29, 0.717) is 15.7 Å². The second-order valence-electron chi connectivity index (χ2n) is 4.48. The molecular formula is C13H13Cl2IN2O. The lowest BCUT2D eigenvalue weighted by Crippen LogP contribution is -2.13. The van der Waals surface area contributed by atoms with Crippen LogP contribution in [-0.4, -0.2) is 14.9 Å². The molecule has 2 aromatic rings. The molecule has 1 unspecified atom stereocenters. The molecule has 1 atom stereocenters. The van der Waals surface area contributed by atoms with Gasteiger partial charge < -0.3 is 5.11 Å². The number of nitrogens with zero attached hydrogens (tertiary/aromatic N) is 2. The van der Waals surface area contributed by atoms with Crippen molar-refractivity contribution in [3.63, 3.8) is 0 Å². The quantitative estimate of drug-likeness (QED) is 0.758. The van der Waals surface area contributed by atoms with Crippen LogP contribution in [0.3, 0.4) is 0 Å². The van der Waals surface area contributed by atoms with Crippen LogP contribution < -0.4 is 0 Å². The Labute approximate surface area is 135 Å². The summed E-state index contributed by atoms with van der Waals surface area (Å²) in [7, 11) is 0. The number of hydrogen-bond donors (Lipinski definition) is 1. The molecule has 0 aliphatic heterocycles. The Balaban J connectivity index is 2.52. The Hall–Kier alpha value is -0.300. The summed E-state index contributed by atoms with van der Waals surface area (Å²) in [6.45, 7) is 3.98. The van der Waals surface area contributed by atoms with E-state index >= 15 is 0 Å². The van der Waals surface area contributed by atoms with Gasteiger partial charge in [-0.15, -0.1) is 0 Å². The van der Waals surface area contributed by atoms with Gasteiger partial charge in [-0.05, 0) is 54.6 Å². The molecule has 3 nitrogen and oxygen atoms in total. The van der Waals surface area contributed by atoms with Gasteiger partial charge in [0.15, 0.2) is 0 Å². The van der Waals surface area contributed by atoms with Gasteiger partial charge in [-0.25, -0.2) is 0 Å². The molecule has 1 heterocycles. The highest BCUT2D eigenvalue weighted by atomic mass is 127. The van der Waals surface area contributed by atoms with Crippen LogP contribution in [0.25, 0.3) is 0 Å². The van der Waals surface area contributed by atoms with Crippen molar-refractivity contribution < 1.29 is 5.11 Å². The van der Waals surface area contributed by atoms with Gasteiger partial charge in [0.25, 0.3) is 0 Å². The summed E-state index contributed by atoms with van der Waals surface area (Å²) >= 11 is 14.3. The lowest BCUT2D eigenvalue weighted by Gasteiger charge is -2.18. The lowest BCUT2D eigenvalue weighted by atomic mass is 10.1. The van der Waals surface area contributed by atoms with E-state index in [4.69, 9.17) is 23.2 Å². The molecule has 1 aromatic carbocycles. The number of aliphatic hydroxyl groups is 1. The summed E-state index contributed by atoms with van der Waals surface area (Å²) in [4.78, 5) is 0. The van der Waals surface area contributed by atoms with Crippen LogP contribution in [0.15, 0.2) is 24.4 Å². The van der Waals surface area contributed by atoms with Gasteiger partial charge in [0.2, 0.25) is 0 Å². The third-order valence-corrected chi connectivity index (χ3v) is 4.30. The van der Waals surface area contributed by atoms with E-state index in [1.807, 2.05) is 19.9 Å². The molecule has 0 aliphatic rings. The maximum atomic E-state index is 10.6. The van der Waals surface area contributed by atoms with Gasteiger partial charge in [-0.1, -0.05) is 23.2 Å². The van der Waals surface area contributed by atoms with Crippen molar-refractivity contribution in [2.24, 2.45) is 0 Å². The molecule has 0 aliphatic carbocycles. The van der Waals surface area contributed by atoms with Crippen LogP contribution in [0, 0.1) is 3.57 Å². The number of halogens is 3. The molecule has 0 spiro atoms. The normalized spacial score (nSPS) is 13.0. The average Bonchev–Trinajstić information content (AvgIpc) is 2.73. The van der Waals surface area contributed by atoms with Crippen molar-refractivity contribution in [1.82, 2.24) is 9.78 Å². The van der Waals surface area contributed by atoms with Crippen molar-refractivity contribution >= 4 is 45.8 Å². The van der Waals surface area contributed by atoms with Gasteiger partial charge in [0, 0.05) is 20.2 Å². The molecule has 0 fully saturated rings. The van der Waals surface area contributed by atoms with E-state index in [1.165, 1.54) is 0 Å². The van der Waals surface area contributed by atoms with E-state index in [-0.39, 0.29) is 6.04 Å². The monoisotopic (exact) mass is 410 g/mol. The van der Waals surface area contributed by atoms with Crippen LogP contribution in [0.4, 0.5) is 0 Å². The standard InChI is InChI=1S/C13H13Cl2IN2O/c1-7(2)18-12(10(15)6-17-18)13(19)9-5-8(14)3-4-11(9)16/h3-7,13,19H,1-2H3. The highest BCUT2D eigenvalue weighted by molar-refractivity contribution is 14.1. The van der Waals surface area contributed by atoms with Gasteiger partial charge in [-0.3, -0.25) is 4.68 Å². The van der Waals surface area contributed by atoms with Crippen molar-refractivity contribution in [3.8, 4) is 0 Å². The molecule has 0 radical (unpaired) electrons. The van der Waals surface area contributed by atoms with Crippen molar-refractivity contribution in [2.45, 2.75) is 26.0 Å². The first-order valence-corrected chi connectivity index (χ1v) is 7.61. The Bertz CT molecular complexity index is 598. The van der Waals surface area contributed by atoms with E-state index < -0.39 is 6.10 Å². The van der Waals surface area contributed by atoms with E-state index in [0.717, 1.165) is 9.13 Å². The topological polar surface area (TPSA) is 38.0 Å². The summed E-state index contributed by atoms with van der Waals surface area (Å²) < 4.78 is 2.66. The fraction of sp³-hybridized carbons (Fsp3) is 0.308. The summed E-state index contributed by atoms with van der Waals surface area (Å²) in [6, 6.07) is 5.53. The summed E-state index contributed by atoms with van der Waals surface area (Å²) in [5.74, 6) is 0. The SMILES string of the molecule is CC(C)n1ncc(Cl)c1C(O)c1cc(Cl)ccc1I. The number of benzene rings is 1. The first kappa shape index (κ1) is 15.1. The zero-order chi connectivity index (χ0) is 14.2. The number of aliphatic hydroxyl groups excluding tert-OH is 1. The molecule has 2 rings (SSSR count). The van der Waals surface area contributed by atoms with Gasteiger partial charge in [0.1, 0.15) is 6.10 Å². The maximum absolute atomic E-state index is 10.6. The summed E-state index contributed by atoms with van der Waals surface area (Å²) in [5, 5.41) is 15.8. The number of rotatable bonds is 3. The highest BCUT2D eigenvalue weighted by Crippen LogP contribution is 2.33. The highest BCUT2D eigenvalue weighted by Gasteiger charge is 2.23. The summed E-state index contributed by atoms with van der Waals surface area (Å²) in [6.07, 6.45) is 0.709. The van der Waals surface area contributed by atoms with Crippen LogP contribution in [0.2, 0.25) is 10.0 Å². The van der Waals surface area contributed by atoms with Crippen LogP contribution in [0.5, 0.6) is 0 Å². The molecule has 19 heavy (non-hydrogen) atoms.